The van der Waals surface area contributed by atoms with Crippen LogP contribution in [-0.2, 0) is 18.3 Å². The van der Waals surface area contributed by atoms with Crippen LogP contribution in [0, 0.1) is 0 Å². The molecule has 0 aliphatic heterocycles. The summed E-state index contributed by atoms with van der Waals surface area (Å²) in [5.74, 6) is -1.17. The van der Waals surface area contributed by atoms with Crippen LogP contribution in [0.4, 0.5) is 0 Å². The molecule has 0 radical (unpaired) electrons. The molecule has 0 amide bonds. The Morgan fingerprint density at radius 1 is 1.38 bits per heavy atom. The number of benzene rings is 1. The van der Waals surface area contributed by atoms with Gasteiger partial charge in [-0.15, -0.1) is 0 Å². The van der Waals surface area contributed by atoms with E-state index < -0.39 is 5.97 Å². The molecule has 4 nitrogen and oxygen atoms in total. The van der Waals surface area contributed by atoms with Crippen molar-refractivity contribution in [3.8, 4) is 0 Å². The van der Waals surface area contributed by atoms with Crippen molar-refractivity contribution in [2.45, 2.75) is 26.2 Å². The second-order valence-corrected chi connectivity index (χ2v) is 5.22. The number of unbranched alkanes of at least 4 members (excludes halogenated alkanes) is 1. The molecule has 0 fully saturated rings. The highest BCUT2D eigenvalue weighted by molar-refractivity contribution is 6.14. The van der Waals surface area contributed by atoms with E-state index in [9.17, 15) is 9.59 Å². The van der Waals surface area contributed by atoms with E-state index in [1.54, 1.807) is 11.6 Å². The third-order valence-electron chi connectivity index (χ3n) is 3.66. The van der Waals surface area contributed by atoms with Gasteiger partial charge in [-0.05, 0) is 30.5 Å². The summed E-state index contributed by atoms with van der Waals surface area (Å²) in [4.78, 5) is 23.6. The average Bonchev–Trinajstić information content (AvgIpc) is 2.47. The second-order valence-electron chi connectivity index (χ2n) is 5.22. The fraction of sp³-hybridized carbons (Fsp3) is 0.294. The van der Waals surface area contributed by atoms with Gasteiger partial charge < -0.3 is 9.67 Å². The molecule has 0 saturated heterocycles. The van der Waals surface area contributed by atoms with E-state index in [0.717, 1.165) is 30.3 Å². The van der Waals surface area contributed by atoms with E-state index in [-0.39, 0.29) is 16.6 Å². The highest BCUT2D eigenvalue weighted by Gasteiger charge is 2.15. The minimum Gasteiger partial charge on any atom is -0.478 e. The molecule has 0 bridgehead atoms. The predicted octanol–water partition coefficient (Wildman–Crippen LogP) is 2.98. The number of aromatic nitrogens is 1. The number of aliphatic carboxylic acids is 1. The number of nitrogens with zero attached hydrogens (tertiary/aromatic N) is 1. The first-order chi connectivity index (χ1) is 9.95. The number of hydrogen-bond donors (Lipinski definition) is 1. The van der Waals surface area contributed by atoms with Crippen LogP contribution in [0.3, 0.4) is 0 Å². The standard InChI is InChI=1S/C17H19NO3/c1-4-5-6-12-7-8-15-13(9-12)16(19)14(10-18(15)3)11(2)17(20)21/h7-10H,2,4-6H2,1,3H3,(H,20,21). The topological polar surface area (TPSA) is 59.3 Å². The maximum Gasteiger partial charge on any atom is 0.335 e. The molecule has 4 heteroatoms. The lowest BCUT2D eigenvalue weighted by atomic mass is 10.0. The van der Waals surface area contributed by atoms with Gasteiger partial charge in [0.25, 0.3) is 0 Å². The highest BCUT2D eigenvalue weighted by atomic mass is 16.4. The Kier molecular flexibility index (Phi) is 4.26. The predicted molar refractivity (Wildman–Crippen MR) is 84.5 cm³/mol. The summed E-state index contributed by atoms with van der Waals surface area (Å²) in [5.41, 5.74) is 1.59. The first kappa shape index (κ1) is 15.0. The smallest absolute Gasteiger partial charge is 0.335 e. The van der Waals surface area contributed by atoms with Crippen LogP contribution in [-0.4, -0.2) is 15.6 Å². The van der Waals surface area contributed by atoms with Gasteiger partial charge in [-0.1, -0.05) is 26.0 Å². The molecule has 1 N–H and O–H groups in total. The largest absolute Gasteiger partial charge is 0.478 e. The number of hydrogen-bond acceptors (Lipinski definition) is 2. The van der Waals surface area contributed by atoms with E-state index in [1.165, 1.54) is 6.20 Å². The normalized spacial score (nSPS) is 10.8. The lowest BCUT2D eigenvalue weighted by molar-refractivity contribution is -0.130. The summed E-state index contributed by atoms with van der Waals surface area (Å²) >= 11 is 0. The summed E-state index contributed by atoms with van der Waals surface area (Å²) in [7, 11) is 1.80. The molecular formula is C17H19NO3. The summed E-state index contributed by atoms with van der Waals surface area (Å²) in [6.45, 7) is 5.61. The highest BCUT2D eigenvalue weighted by Crippen LogP contribution is 2.18. The van der Waals surface area contributed by atoms with Crippen molar-refractivity contribution < 1.29 is 9.90 Å². The van der Waals surface area contributed by atoms with Crippen LogP contribution in [0.1, 0.15) is 30.9 Å². The minimum absolute atomic E-state index is 0.144. The van der Waals surface area contributed by atoms with Crippen molar-refractivity contribution in [2.24, 2.45) is 7.05 Å². The van der Waals surface area contributed by atoms with Gasteiger partial charge >= 0.3 is 5.97 Å². The zero-order valence-electron chi connectivity index (χ0n) is 12.3. The van der Waals surface area contributed by atoms with Crippen molar-refractivity contribution >= 4 is 22.4 Å². The van der Waals surface area contributed by atoms with Crippen LogP contribution in [0.15, 0.2) is 35.8 Å². The third kappa shape index (κ3) is 2.89. The van der Waals surface area contributed by atoms with Crippen molar-refractivity contribution in [1.82, 2.24) is 4.57 Å². The van der Waals surface area contributed by atoms with Crippen LogP contribution >= 0.6 is 0 Å². The van der Waals surface area contributed by atoms with Gasteiger partial charge in [0.15, 0.2) is 5.43 Å². The molecule has 1 aromatic heterocycles. The number of aryl methyl sites for hydroxylation is 2. The third-order valence-corrected chi connectivity index (χ3v) is 3.66. The Hall–Kier alpha value is -2.36. The molecule has 1 aromatic carbocycles. The zero-order valence-corrected chi connectivity index (χ0v) is 12.3. The van der Waals surface area contributed by atoms with Gasteiger partial charge in [-0.3, -0.25) is 4.79 Å². The molecule has 2 aromatic rings. The van der Waals surface area contributed by atoms with Gasteiger partial charge in [0, 0.05) is 18.6 Å². The zero-order chi connectivity index (χ0) is 15.6. The lowest BCUT2D eigenvalue weighted by Gasteiger charge is -2.10. The van der Waals surface area contributed by atoms with Gasteiger partial charge in [-0.25, -0.2) is 4.79 Å². The van der Waals surface area contributed by atoms with Crippen molar-refractivity contribution in [2.75, 3.05) is 0 Å². The molecule has 0 spiro atoms. The first-order valence-corrected chi connectivity index (χ1v) is 7.00. The Morgan fingerprint density at radius 3 is 2.71 bits per heavy atom. The number of carbonyl (C=O) groups is 1. The van der Waals surface area contributed by atoms with Gasteiger partial charge in [0.2, 0.25) is 0 Å². The average molecular weight is 285 g/mol. The SMILES string of the molecule is C=C(C(=O)O)c1cn(C)c2ccc(CCCC)cc2c1=O. The molecule has 0 saturated carbocycles. The second kappa shape index (κ2) is 5.95. The summed E-state index contributed by atoms with van der Waals surface area (Å²) < 4.78 is 1.77. The maximum absolute atomic E-state index is 12.5. The molecular weight excluding hydrogens is 266 g/mol. The van der Waals surface area contributed by atoms with E-state index in [0.29, 0.717) is 5.39 Å². The van der Waals surface area contributed by atoms with Crippen molar-refractivity contribution in [3.63, 3.8) is 0 Å². The van der Waals surface area contributed by atoms with Crippen LogP contribution < -0.4 is 5.43 Å². The van der Waals surface area contributed by atoms with Gasteiger partial charge in [0.05, 0.1) is 16.7 Å². The van der Waals surface area contributed by atoms with Gasteiger partial charge in [0.1, 0.15) is 0 Å². The summed E-state index contributed by atoms with van der Waals surface area (Å²) in [5, 5.41) is 9.59. The van der Waals surface area contributed by atoms with E-state index in [4.69, 9.17) is 5.11 Å². The monoisotopic (exact) mass is 285 g/mol. The van der Waals surface area contributed by atoms with E-state index >= 15 is 0 Å². The Balaban J connectivity index is 2.65. The lowest BCUT2D eigenvalue weighted by Crippen LogP contribution is -2.16. The number of pyridine rings is 1. The number of carboxylic acid groups (broad SMARTS) is 1. The fourth-order valence-electron chi connectivity index (χ4n) is 2.41. The Bertz CT molecular complexity index is 771. The molecule has 2 rings (SSSR count). The van der Waals surface area contributed by atoms with E-state index in [2.05, 4.69) is 13.5 Å². The van der Waals surface area contributed by atoms with Crippen LogP contribution in [0.5, 0.6) is 0 Å². The van der Waals surface area contributed by atoms with Crippen LogP contribution in [0.2, 0.25) is 0 Å². The quantitative estimate of drug-likeness (QED) is 0.859. The number of carboxylic acids is 1. The molecule has 0 atom stereocenters. The molecule has 0 aliphatic rings. The Morgan fingerprint density at radius 2 is 2.10 bits per heavy atom. The molecule has 0 unspecified atom stereocenters. The Labute approximate surface area is 123 Å². The first-order valence-electron chi connectivity index (χ1n) is 7.00. The molecule has 0 aliphatic carbocycles. The molecule has 21 heavy (non-hydrogen) atoms. The molecule has 1 heterocycles. The summed E-state index contributed by atoms with van der Waals surface area (Å²) in [6, 6.07) is 5.80. The van der Waals surface area contributed by atoms with Gasteiger partial charge in [-0.2, -0.15) is 0 Å². The maximum atomic E-state index is 12.5. The minimum atomic E-state index is -1.17. The van der Waals surface area contributed by atoms with E-state index in [1.807, 2.05) is 18.2 Å². The number of fused-ring (bicyclic) bond motifs is 1. The summed E-state index contributed by atoms with van der Waals surface area (Å²) in [6.07, 6.45) is 4.60. The fourth-order valence-corrected chi connectivity index (χ4v) is 2.41. The van der Waals surface area contributed by atoms with Crippen LogP contribution in [0.25, 0.3) is 16.5 Å². The molecule has 110 valence electrons. The van der Waals surface area contributed by atoms with Crippen molar-refractivity contribution in [3.05, 3.63) is 52.3 Å². The van der Waals surface area contributed by atoms with Crippen molar-refractivity contribution in [1.29, 1.82) is 0 Å². The number of rotatable bonds is 5.